The van der Waals surface area contributed by atoms with Crippen molar-refractivity contribution >= 4 is 80.6 Å². The summed E-state index contributed by atoms with van der Waals surface area (Å²) in [6, 6.07) is 9.97. The van der Waals surface area contributed by atoms with Gasteiger partial charge in [0, 0.05) is 39.1 Å². The lowest BCUT2D eigenvalue weighted by atomic mass is 9.98. The zero-order valence-corrected chi connectivity index (χ0v) is 24.3. The Bertz CT molecular complexity index is 1540. The number of Topliss-reactive ketones (excluding diaryl/α,β-unsaturated/α-hetero) is 2. The van der Waals surface area contributed by atoms with Crippen molar-refractivity contribution < 1.29 is 36.3 Å². The van der Waals surface area contributed by atoms with Crippen LogP contribution in [0.2, 0.25) is 5.02 Å². The van der Waals surface area contributed by atoms with Gasteiger partial charge >= 0.3 is 0 Å². The van der Waals surface area contributed by atoms with Crippen LogP contribution in [-0.2, 0) is 22.4 Å². The Balaban J connectivity index is 1.51. The molecule has 0 aromatic heterocycles. The first-order chi connectivity index (χ1) is 18.7. The second kappa shape index (κ2) is 11.9. The van der Waals surface area contributed by atoms with E-state index in [0.717, 1.165) is 12.1 Å². The predicted octanol–water partition coefficient (Wildman–Crippen LogP) is 7.69. The number of rotatable bonds is 9. The molecule has 0 bridgehead atoms. The number of hydrogen-bond donors (Lipinski definition) is 1. The fourth-order valence-corrected chi connectivity index (χ4v) is 5.87. The van der Waals surface area contributed by atoms with Gasteiger partial charge in [0.2, 0.25) is 11.7 Å². The summed E-state index contributed by atoms with van der Waals surface area (Å²) in [5.74, 6) is -7.41. The summed E-state index contributed by atoms with van der Waals surface area (Å²) in [7, 11) is 0. The summed E-state index contributed by atoms with van der Waals surface area (Å²) in [4.78, 5) is 37.3. The van der Waals surface area contributed by atoms with Crippen molar-refractivity contribution in [1.29, 1.82) is 0 Å². The summed E-state index contributed by atoms with van der Waals surface area (Å²) in [5.41, 5.74) is -0.610. The first kappa shape index (κ1) is 30.7. The molecule has 2 atom stereocenters. The maximum atomic E-state index is 14.9. The third-order valence-electron chi connectivity index (χ3n) is 6.38. The molecule has 1 aliphatic rings. The predicted molar refractivity (Wildman–Crippen MR) is 149 cm³/mol. The van der Waals surface area contributed by atoms with E-state index in [9.17, 15) is 36.3 Å². The lowest BCUT2D eigenvalue weighted by Gasteiger charge is -2.11. The Labute approximate surface area is 253 Å². The molecule has 0 spiro atoms. The molecule has 2 unspecified atom stereocenters. The van der Waals surface area contributed by atoms with Crippen LogP contribution in [0.15, 0.2) is 48.5 Å². The number of anilines is 1. The van der Waals surface area contributed by atoms with Crippen molar-refractivity contribution in [2.45, 2.75) is 29.5 Å². The van der Waals surface area contributed by atoms with Crippen LogP contribution >= 0.6 is 57.4 Å². The van der Waals surface area contributed by atoms with Crippen molar-refractivity contribution in [1.82, 2.24) is 0 Å². The molecule has 3 aromatic rings. The molecule has 1 aliphatic carbocycles. The van der Waals surface area contributed by atoms with Crippen LogP contribution in [-0.4, -0.2) is 28.2 Å². The van der Waals surface area contributed by atoms with E-state index in [4.69, 9.17) is 34.8 Å². The zero-order chi connectivity index (χ0) is 29.5. The molecule has 1 fully saturated rings. The highest BCUT2D eigenvalue weighted by Gasteiger charge is 2.67. The number of ketones is 2. The topological polar surface area (TPSA) is 63.2 Å². The van der Waals surface area contributed by atoms with Crippen molar-refractivity contribution in [3.63, 3.8) is 0 Å². The van der Waals surface area contributed by atoms with Crippen molar-refractivity contribution in [2.75, 3.05) is 5.32 Å². The minimum Gasteiger partial charge on any atom is -0.326 e. The number of carbonyl (C=O) groups is 3. The average Bonchev–Trinajstić information content (AvgIpc) is 3.47. The molecule has 4 nitrogen and oxygen atoms in total. The minimum atomic E-state index is -3.41. The van der Waals surface area contributed by atoms with E-state index in [2.05, 4.69) is 5.32 Å². The Morgan fingerprint density at radius 1 is 0.950 bits per heavy atom. The molecule has 0 radical (unpaired) electrons. The monoisotopic (exact) mass is 729 g/mol. The summed E-state index contributed by atoms with van der Waals surface area (Å²) in [6.45, 7) is 0. The Morgan fingerprint density at radius 3 is 2.27 bits per heavy atom. The molecule has 0 aliphatic heterocycles. The quantitative estimate of drug-likeness (QED) is 0.106. The zero-order valence-electron chi connectivity index (χ0n) is 19.9. The molecule has 0 heterocycles. The van der Waals surface area contributed by atoms with Gasteiger partial charge in [-0.15, -0.1) is 23.2 Å². The van der Waals surface area contributed by atoms with Gasteiger partial charge in [0.05, 0.1) is 10.9 Å². The fourth-order valence-electron chi connectivity index (χ4n) is 4.27. The third-order valence-corrected chi connectivity index (χ3v) is 8.48. The highest BCUT2D eigenvalue weighted by molar-refractivity contribution is 14.1. The Hall–Kier alpha value is -2.28. The van der Waals surface area contributed by atoms with Crippen LogP contribution in [0.4, 0.5) is 27.6 Å². The number of carbonyl (C=O) groups excluding carboxylic acids is 3. The maximum Gasteiger partial charge on any atom is 0.296 e. The smallest absolute Gasteiger partial charge is 0.296 e. The number of alkyl halides is 4. The third kappa shape index (κ3) is 6.29. The van der Waals surface area contributed by atoms with Gasteiger partial charge in [-0.25, -0.2) is 22.0 Å². The Morgan fingerprint density at radius 2 is 1.62 bits per heavy atom. The summed E-state index contributed by atoms with van der Waals surface area (Å²) >= 11 is 20.7. The number of halogens is 9. The molecule has 0 saturated heterocycles. The van der Waals surface area contributed by atoms with E-state index in [1.807, 2.05) is 0 Å². The van der Waals surface area contributed by atoms with Gasteiger partial charge in [-0.3, -0.25) is 14.4 Å². The maximum absolute atomic E-state index is 14.9. The van der Waals surface area contributed by atoms with Crippen LogP contribution in [0.25, 0.3) is 0 Å². The van der Waals surface area contributed by atoms with E-state index in [1.165, 1.54) is 36.4 Å². The summed E-state index contributed by atoms with van der Waals surface area (Å²) in [5, 5.41) is 2.57. The standard InChI is InChI=1S/C27H16Cl3F5INO3/c28-16-4-3-13(37-26(40)23-22(27(23,29)30)11-1-6-18(32)19(36)7-11)9-14(16)20(38)8-12-2-5-17(31)15(24(12)33)10-21(39)25(34)35/h1-7,9,22-23,25H,8,10H2,(H,37,40). The molecule has 1 amide bonds. The van der Waals surface area contributed by atoms with Crippen molar-refractivity contribution in [3.8, 4) is 0 Å². The molecular formula is C27H16Cl3F5INO3. The molecule has 1 N–H and O–H groups in total. The molecule has 40 heavy (non-hydrogen) atoms. The van der Waals surface area contributed by atoms with Gasteiger partial charge in [0.1, 0.15) is 21.8 Å². The SMILES string of the molecule is O=C(Cc1ccc(F)c(CC(=O)C(F)F)c1F)c1cc(NC(=O)C2C(c3ccc(F)c(I)c3)C2(Cl)Cl)ccc1Cl. The normalized spacial score (nSPS) is 17.6. The van der Waals surface area contributed by atoms with Gasteiger partial charge in [0.15, 0.2) is 5.78 Å². The molecular weight excluding hydrogens is 715 g/mol. The number of nitrogens with one attached hydrogen (secondary N) is 1. The molecule has 210 valence electrons. The van der Waals surface area contributed by atoms with Crippen LogP contribution in [0.3, 0.4) is 0 Å². The van der Waals surface area contributed by atoms with E-state index in [1.54, 1.807) is 22.6 Å². The summed E-state index contributed by atoms with van der Waals surface area (Å²) in [6.07, 6.45) is -5.23. The van der Waals surface area contributed by atoms with E-state index in [-0.39, 0.29) is 21.8 Å². The molecule has 4 rings (SSSR count). The van der Waals surface area contributed by atoms with Crippen LogP contribution in [0, 0.1) is 26.9 Å². The minimum absolute atomic E-state index is 0.0344. The van der Waals surface area contributed by atoms with Crippen molar-refractivity contribution in [2.24, 2.45) is 5.92 Å². The van der Waals surface area contributed by atoms with E-state index >= 15 is 0 Å². The van der Waals surface area contributed by atoms with Gasteiger partial charge in [-0.05, 0) is 70.1 Å². The molecule has 13 heteroatoms. The highest BCUT2D eigenvalue weighted by Crippen LogP contribution is 2.65. The van der Waals surface area contributed by atoms with E-state index < -0.39 is 75.9 Å². The van der Waals surface area contributed by atoms with Crippen LogP contribution in [0.5, 0.6) is 0 Å². The largest absolute Gasteiger partial charge is 0.326 e. The van der Waals surface area contributed by atoms with Gasteiger partial charge < -0.3 is 5.32 Å². The number of hydrogen-bond acceptors (Lipinski definition) is 3. The lowest BCUT2D eigenvalue weighted by Crippen LogP contribution is -2.18. The van der Waals surface area contributed by atoms with Crippen LogP contribution < -0.4 is 5.32 Å². The number of amides is 1. The second-order valence-corrected chi connectivity index (χ2v) is 12.0. The lowest BCUT2D eigenvalue weighted by molar-refractivity contribution is -0.128. The van der Waals surface area contributed by atoms with Crippen LogP contribution in [0.1, 0.15) is 33.0 Å². The van der Waals surface area contributed by atoms with Gasteiger partial charge in [-0.2, -0.15) is 0 Å². The Kier molecular flexibility index (Phi) is 9.13. The molecule has 1 saturated carbocycles. The fraction of sp³-hybridized carbons (Fsp3) is 0.222. The van der Waals surface area contributed by atoms with Gasteiger partial charge in [-0.1, -0.05) is 23.7 Å². The first-order valence-electron chi connectivity index (χ1n) is 11.4. The average molecular weight is 731 g/mol. The second-order valence-electron chi connectivity index (χ2n) is 9.03. The first-order valence-corrected chi connectivity index (χ1v) is 13.7. The van der Waals surface area contributed by atoms with Gasteiger partial charge in [0.25, 0.3) is 6.43 Å². The van der Waals surface area contributed by atoms with Crippen molar-refractivity contribution in [3.05, 3.63) is 96.8 Å². The van der Waals surface area contributed by atoms with E-state index in [0.29, 0.717) is 9.13 Å². The summed E-state index contributed by atoms with van der Waals surface area (Å²) < 4.78 is 66.6. The number of benzene rings is 3. The highest BCUT2D eigenvalue weighted by atomic mass is 127. The molecule has 3 aromatic carbocycles.